The number of nitrogens with one attached hydrogen (secondary N) is 6. The topological polar surface area (TPSA) is 355 Å². The Hall–Kier alpha value is -9.15. The van der Waals surface area contributed by atoms with Crippen LogP contribution in [-0.4, -0.2) is 194 Å². The number of carbonyl (C=O) groups excluding carboxylic acids is 9. The molecular formula is C76H112N6O23. The summed E-state index contributed by atoms with van der Waals surface area (Å²) in [7, 11) is 8.57. The Kier molecular flexibility index (Phi) is 30.9. The van der Waals surface area contributed by atoms with Crippen LogP contribution in [0.2, 0.25) is 0 Å². The van der Waals surface area contributed by atoms with Crippen molar-refractivity contribution in [2.75, 3.05) is 115 Å². The van der Waals surface area contributed by atoms with Crippen molar-refractivity contribution in [1.82, 2.24) is 31.9 Å². The monoisotopic (exact) mass is 1480 g/mol. The average Bonchev–Trinajstić information content (AvgIpc) is 0.830. The maximum atomic E-state index is 14.3. The minimum atomic E-state index is -1.33. The Labute approximate surface area is 616 Å². The molecule has 7 atom stereocenters. The molecule has 29 heteroatoms. The summed E-state index contributed by atoms with van der Waals surface area (Å²) in [5.41, 5.74) is -2.66. The largest absolute Gasteiger partial charge is 0.496 e. The summed E-state index contributed by atoms with van der Waals surface area (Å²) in [5, 5.41) is 18.2. The first-order chi connectivity index (χ1) is 49.6. The molecule has 3 aromatic rings. The van der Waals surface area contributed by atoms with Gasteiger partial charge in [0.05, 0.1) is 48.2 Å². The highest BCUT2D eigenvalue weighted by atomic mass is 16.6. The molecule has 6 N–H and O–H groups in total. The molecule has 6 rings (SSSR count). The summed E-state index contributed by atoms with van der Waals surface area (Å²) in [6, 6.07) is 8.10. The lowest BCUT2D eigenvalue weighted by Crippen LogP contribution is -2.52. The first kappa shape index (κ1) is 84.8. The van der Waals surface area contributed by atoms with Crippen molar-refractivity contribution < 1.29 is 109 Å². The van der Waals surface area contributed by atoms with Crippen LogP contribution in [0.1, 0.15) is 177 Å². The molecule has 584 valence electrons. The van der Waals surface area contributed by atoms with Crippen molar-refractivity contribution in [2.24, 2.45) is 32.5 Å². The molecule has 0 bridgehead atoms. The van der Waals surface area contributed by atoms with E-state index in [2.05, 4.69) is 80.4 Å². The van der Waals surface area contributed by atoms with Gasteiger partial charge in [-0.15, -0.1) is 0 Å². The maximum absolute atomic E-state index is 14.3. The van der Waals surface area contributed by atoms with E-state index in [1.165, 1.54) is 79.1 Å². The fourth-order valence-corrected chi connectivity index (χ4v) is 15.9. The molecule has 3 aromatic carbocycles. The highest BCUT2D eigenvalue weighted by Gasteiger charge is 2.46. The van der Waals surface area contributed by atoms with E-state index >= 15 is 0 Å². The van der Waals surface area contributed by atoms with E-state index in [-0.39, 0.29) is 177 Å². The van der Waals surface area contributed by atoms with Crippen LogP contribution in [0.3, 0.4) is 0 Å². The van der Waals surface area contributed by atoms with Crippen LogP contribution < -0.4 is 74.5 Å². The third kappa shape index (κ3) is 26.1. The number of methoxy groups -OCH3 is 6. The summed E-state index contributed by atoms with van der Waals surface area (Å²) in [4.78, 5) is 116. The summed E-state index contributed by atoms with van der Waals surface area (Å²) < 4.78 is 78.7. The van der Waals surface area contributed by atoms with Crippen LogP contribution in [0.5, 0.6) is 51.7 Å². The molecular weight excluding hydrogens is 1360 g/mol. The fourth-order valence-electron chi connectivity index (χ4n) is 15.9. The molecule has 0 spiro atoms. The van der Waals surface area contributed by atoms with Crippen molar-refractivity contribution in [1.29, 1.82) is 0 Å². The van der Waals surface area contributed by atoms with Crippen molar-refractivity contribution in [3.05, 3.63) is 53.1 Å². The second-order valence-corrected chi connectivity index (χ2v) is 31.1. The van der Waals surface area contributed by atoms with Crippen molar-refractivity contribution >= 4 is 55.0 Å². The molecule has 3 saturated carbocycles. The van der Waals surface area contributed by atoms with E-state index in [1.807, 2.05) is 20.8 Å². The zero-order valence-corrected chi connectivity index (χ0v) is 64.1. The molecule has 6 amide bonds. The Morgan fingerprint density at radius 2 is 0.800 bits per heavy atom. The highest BCUT2D eigenvalue weighted by molar-refractivity contribution is 5.85. The van der Waals surface area contributed by atoms with Gasteiger partial charge < -0.3 is 98.2 Å². The predicted molar refractivity (Wildman–Crippen MR) is 387 cm³/mol. The molecule has 0 heterocycles. The summed E-state index contributed by atoms with van der Waals surface area (Å²) >= 11 is 0. The second-order valence-electron chi connectivity index (χ2n) is 31.1. The smallest absolute Gasteiger partial charge is 0.407 e. The first-order valence-electron chi connectivity index (χ1n) is 35.5. The molecule has 105 heavy (non-hydrogen) atoms. The van der Waals surface area contributed by atoms with E-state index in [1.54, 1.807) is 0 Å². The van der Waals surface area contributed by atoms with Crippen LogP contribution in [0.15, 0.2) is 36.4 Å². The van der Waals surface area contributed by atoms with Crippen molar-refractivity contribution in [3.8, 4) is 51.7 Å². The number of ether oxygens (including phenoxy) is 14. The Morgan fingerprint density at radius 3 is 1.15 bits per heavy atom. The molecule has 0 saturated heterocycles. The van der Waals surface area contributed by atoms with Crippen molar-refractivity contribution in [3.63, 3.8) is 0 Å². The Morgan fingerprint density at radius 1 is 0.438 bits per heavy atom. The van der Waals surface area contributed by atoms with Crippen LogP contribution in [0.4, 0.5) is 19.2 Å². The van der Waals surface area contributed by atoms with Gasteiger partial charge in [0.2, 0.25) is 23.3 Å². The highest BCUT2D eigenvalue weighted by Crippen LogP contribution is 2.49. The third-order valence-electron chi connectivity index (χ3n) is 19.4. The lowest BCUT2D eigenvalue weighted by Gasteiger charge is -2.47. The summed E-state index contributed by atoms with van der Waals surface area (Å²) in [6.07, 6.45) is 5.03. The van der Waals surface area contributed by atoms with Gasteiger partial charge in [-0.25, -0.2) is 19.2 Å². The Balaban J connectivity index is 1.07. The van der Waals surface area contributed by atoms with Gasteiger partial charge in [-0.1, -0.05) is 69.2 Å². The molecule has 3 fully saturated rings. The zero-order valence-electron chi connectivity index (χ0n) is 64.1. The van der Waals surface area contributed by atoms with E-state index in [9.17, 15) is 43.2 Å². The third-order valence-corrected chi connectivity index (χ3v) is 19.4. The predicted octanol–water partition coefficient (Wildman–Crippen LogP) is 10.6. The summed E-state index contributed by atoms with van der Waals surface area (Å²) in [6.45, 7) is 20.2. The quantitative estimate of drug-likeness (QED) is 0.0176. The van der Waals surface area contributed by atoms with Gasteiger partial charge in [0.1, 0.15) is 88.3 Å². The fraction of sp³-hybridized carbons (Fsp3) is 0.645. The van der Waals surface area contributed by atoms with Gasteiger partial charge in [0.25, 0.3) is 0 Å². The van der Waals surface area contributed by atoms with Gasteiger partial charge >= 0.3 is 24.4 Å². The van der Waals surface area contributed by atoms with Gasteiger partial charge in [0.15, 0.2) is 29.3 Å². The van der Waals surface area contributed by atoms with E-state index in [0.29, 0.717) is 80.7 Å². The molecule has 0 aliphatic heterocycles. The van der Waals surface area contributed by atoms with Crippen molar-refractivity contribution in [2.45, 2.75) is 170 Å². The number of hydrogen-bond donors (Lipinski definition) is 6. The lowest BCUT2D eigenvalue weighted by molar-refractivity contribution is -0.141. The minimum absolute atomic E-state index is 0.00188. The van der Waals surface area contributed by atoms with Gasteiger partial charge in [-0.05, 0) is 127 Å². The number of hydrogen-bond acceptors (Lipinski definition) is 23. The SMILES string of the molecule is CCC(CCC(=O)NC1CC(C)(C)CC(C)(CNC(=O)OCCOc2c(OC)cc(C=O)cc2OC)C1)(COC(=O)NC1CC(C)(C)CC(C)(CNC(=O)OCCOc2cc(OC)c(C=O)c(OC)c2)C1)OCC(=O)NC1CC(C)(C)CC(C)(CNC(=O)OCCOc2c(OC)cc(C=O)cc2OC)C1. The van der Waals surface area contributed by atoms with E-state index < -0.39 is 58.7 Å². The van der Waals surface area contributed by atoms with E-state index in [4.69, 9.17) is 66.3 Å². The minimum Gasteiger partial charge on any atom is -0.496 e. The second kappa shape index (κ2) is 38.2. The maximum Gasteiger partial charge on any atom is 0.407 e. The number of benzene rings is 3. The van der Waals surface area contributed by atoms with Gasteiger partial charge in [-0.2, -0.15) is 0 Å². The number of aldehydes is 3. The number of rotatable bonds is 39. The number of amides is 6. The van der Waals surface area contributed by atoms with Gasteiger partial charge in [-0.3, -0.25) is 24.0 Å². The zero-order chi connectivity index (χ0) is 77.4. The molecule has 7 unspecified atom stereocenters. The first-order valence-corrected chi connectivity index (χ1v) is 35.5. The van der Waals surface area contributed by atoms with Crippen LogP contribution in [0.25, 0.3) is 0 Å². The molecule has 0 radical (unpaired) electrons. The number of alkyl carbamates (subject to hydrolysis) is 4. The molecule has 0 aromatic heterocycles. The average molecular weight is 1480 g/mol. The molecule has 3 aliphatic carbocycles. The van der Waals surface area contributed by atoms with Gasteiger partial charge in [0, 0.05) is 67.4 Å². The van der Waals surface area contributed by atoms with Crippen LogP contribution in [0, 0.1) is 32.5 Å². The lowest BCUT2D eigenvalue weighted by atomic mass is 9.62. The van der Waals surface area contributed by atoms with Crippen LogP contribution >= 0.6 is 0 Å². The normalized spacial score (nSPS) is 21.8. The summed E-state index contributed by atoms with van der Waals surface area (Å²) in [5.74, 6) is 1.78. The molecule has 29 nitrogen and oxygen atoms in total. The Bertz CT molecular complexity index is 3250. The molecule has 3 aliphatic rings. The van der Waals surface area contributed by atoms with E-state index in [0.717, 1.165) is 12.8 Å². The number of carbonyl (C=O) groups is 9. The van der Waals surface area contributed by atoms with Crippen LogP contribution in [-0.2, 0) is 33.3 Å². The standard InChI is InChI=1S/C76H112N6O23/c1-17-76(19-18-62(86)80-51-32-70(2,3)42-73(8,35-51)45-77-67(89)102-24-21-99-64-58(94-13)26-49(38-83)27-59(64)95-14,48-104-69(91)82-53-34-72(6,7)44-75(10,37-53)47-79-66(88)101-23-20-98-54-30-56(92-11)55(40-85)57(31-54)93-12)105-41-63(87)81-52-33-71(4,5)43-74(9,36-52)46-78-68(90)103-25-22-100-65-60(96-15)28-50(39-84)29-61(65)97-16/h26-31,38-40,51-53H,17-25,32-37,41-48H2,1-16H3,(H,77,89)(H,78,90)(H,79,88)(H,80,86)(H,81,87)(H,82,91).